The summed E-state index contributed by atoms with van der Waals surface area (Å²) in [5, 5.41) is 48.6. The number of phenols is 1. The van der Waals surface area contributed by atoms with Gasteiger partial charge in [0, 0.05) is 104 Å². The number of aromatic amines is 1. The monoisotopic (exact) mass is 993 g/mol. The van der Waals surface area contributed by atoms with Crippen molar-refractivity contribution in [1.82, 2.24) is 55.8 Å². The van der Waals surface area contributed by atoms with Crippen LogP contribution in [0.1, 0.15) is 99.2 Å². The van der Waals surface area contributed by atoms with Crippen LogP contribution in [0, 0.1) is 23.2 Å². The lowest BCUT2D eigenvalue weighted by Crippen LogP contribution is -2.70. The molecule has 1 aliphatic carbocycles. The van der Waals surface area contributed by atoms with E-state index in [4.69, 9.17) is 16.4 Å². The maximum atomic E-state index is 14.5. The number of nitrogens with zero attached hydrogens (tertiary/aromatic N) is 8. The molecule has 0 bridgehead atoms. The standard InChI is InChI=1S/C54H64N12O7/c1-5-33-10-12-34(13-11-33)26-56-48(69)43-22-38(67)29-66(43)49(70)46(53(3,4)17-18-55-52(72)73)60-51(71)64-30-54(31-64)24-37(25-54)63-19-14-35(15-20-63)36-27-57-50(58-28-36)65-21-16-41-45(32(65)2)40-23-42(61-62-47(40)59-41)39-8-6-7-9-44(39)68/h1,6-13,23,27-28,32,35,37-38,43,46,55,67-68H,14-22,24-26,29-31H2,2-4H3,(H,56,69)(H,59,62)(H,60,71)(H,72,73)/t32-,38-,43+,46?/m1/s1. The van der Waals surface area contributed by atoms with Gasteiger partial charge in [0.1, 0.15) is 17.8 Å². The van der Waals surface area contributed by atoms with Gasteiger partial charge in [-0.05, 0) is 105 Å². The minimum Gasteiger partial charge on any atom is -0.507 e. The van der Waals surface area contributed by atoms with Crippen molar-refractivity contribution in [1.29, 1.82) is 0 Å². The molecule has 5 aromatic rings. The molecule has 3 aromatic heterocycles. The molecule has 3 saturated heterocycles. The Kier molecular flexibility index (Phi) is 13.5. The van der Waals surface area contributed by atoms with Crippen LogP contribution in [0.4, 0.5) is 15.5 Å². The number of benzene rings is 2. The maximum Gasteiger partial charge on any atom is 0.404 e. The number of likely N-dealkylation sites (tertiary alicyclic amines) is 3. The average Bonchev–Trinajstić information content (AvgIpc) is 3.95. The molecule has 19 heteroatoms. The Morgan fingerprint density at radius 1 is 0.986 bits per heavy atom. The van der Waals surface area contributed by atoms with Gasteiger partial charge in [0.05, 0.1) is 17.8 Å². The zero-order valence-electron chi connectivity index (χ0n) is 41.6. The van der Waals surface area contributed by atoms with Crippen molar-refractivity contribution in [2.24, 2.45) is 10.8 Å². The molecule has 1 spiro atoms. The van der Waals surface area contributed by atoms with E-state index in [9.17, 15) is 34.5 Å². The molecule has 19 nitrogen and oxygen atoms in total. The third-order valence-electron chi connectivity index (χ3n) is 16.2. The lowest BCUT2D eigenvalue weighted by molar-refractivity contribution is -0.142. The Bertz CT molecular complexity index is 2920. The van der Waals surface area contributed by atoms with Gasteiger partial charge >= 0.3 is 12.1 Å². The highest BCUT2D eigenvalue weighted by Crippen LogP contribution is 2.51. The molecule has 73 heavy (non-hydrogen) atoms. The molecule has 0 radical (unpaired) electrons. The number of hydrogen-bond acceptors (Lipinski definition) is 12. The van der Waals surface area contributed by atoms with E-state index < -0.39 is 41.5 Å². The zero-order valence-corrected chi connectivity index (χ0v) is 41.6. The quantitative estimate of drug-likeness (QED) is 0.0777. The van der Waals surface area contributed by atoms with Crippen LogP contribution in [-0.2, 0) is 22.6 Å². The minimum absolute atomic E-state index is 0.00927. The van der Waals surface area contributed by atoms with Gasteiger partial charge < -0.3 is 55.9 Å². The van der Waals surface area contributed by atoms with Crippen LogP contribution in [0.5, 0.6) is 5.75 Å². The maximum absolute atomic E-state index is 14.5. The second kappa shape index (κ2) is 20.0. The Balaban J connectivity index is 0.716. The van der Waals surface area contributed by atoms with Gasteiger partial charge in [-0.1, -0.05) is 44.0 Å². The predicted molar refractivity (Wildman–Crippen MR) is 272 cm³/mol. The van der Waals surface area contributed by atoms with Crippen molar-refractivity contribution in [3.8, 4) is 29.4 Å². The number of aliphatic hydroxyl groups excluding tert-OH is 1. The number of para-hydroxylation sites is 1. The van der Waals surface area contributed by atoms with Crippen molar-refractivity contribution in [2.45, 2.75) is 108 Å². The van der Waals surface area contributed by atoms with E-state index in [1.165, 1.54) is 4.90 Å². The van der Waals surface area contributed by atoms with Crippen LogP contribution in [-0.4, -0.2) is 149 Å². The number of nitrogens with one attached hydrogen (secondary N) is 4. The number of aromatic hydroxyl groups is 1. The molecule has 4 aliphatic heterocycles. The number of fused-ring (bicyclic) bond motifs is 3. The summed E-state index contributed by atoms with van der Waals surface area (Å²) in [6, 6.07) is 14.3. The van der Waals surface area contributed by atoms with Gasteiger partial charge in [0.25, 0.3) is 0 Å². The summed E-state index contributed by atoms with van der Waals surface area (Å²) in [4.78, 5) is 74.6. The smallest absolute Gasteiger partial charge is 0.404 e. The van der Waals surface area contributed by atoms with Crippen molar-refractivity contribution < 1.29 is 34.5 Å². The summed E-state index contributed by atoms with van der Waals surface area (Å²) in [6.07, 6.45) is 12.4. The molecule has 382 valence electrons. The minimum atomic E-state index is -1.20. The number of amides is 5. The number of urea groups is 1. The van der Waals surface area contributed by atoms with E-state index in [2.05, 4.69) is 53.8 Å². The number of terminal acetylenes is 1. The Labute approximate surface area is 424 Å². The van der Waals surface area contributed by atoms with E-state index >= 15 is 0 Å². The number of rotatable bonds is 13. The molecule has 10 rings (SSSR count). The van der Waals surface area contributed by atoms with Crippen LogP contribution < -0.4 is 20.9 Å². The molecular formula is C54H64N12O7. The van der Waals surface area contributed by atoms with Crippen LogP contribution in [0.3, 0.4) is 0 Å². The number of aromatic nitrogens is 5. The van der Waals surface area contributed by atoms with Crippen LogP contribution in [0.15, 0.2) is 67.0 Å². The first-order valence-electron chi connectivity index (χ1n) is 25.4. The normalized spacial score (nSPS) is 21.5. The lowest BCUT2D eigenvalue weighted by Gasteiger charge is -2.61. The Hall–Kier alpha value is -7.30. The van der Waals surface area contributed by atoms with E-state index in [0.717, 1.165) is 85.2 Å². The first-order valence-corrected chi connectivity index (χ1v) is 25.4. The molecule has 7 N–H and O–H groups in total. The molecule has 5 amide bonds. The van der Waals surface area contributed by atoms with E-state index in [1.54, 1.807) is 43.0 Å². The van der Waals surface area contributed by atoms with Gasteiger partial charge in [0.2, 0.25) is 17.8 Å². The number of carbonyl (C=O) groups is 4. The average molecular weight is 993 g/mol. The summed E-state index contributed by atoms with van der Waals surface area (Å²) >= 11 is 0. The van der Waals surface area contributed by atoms with E-state index in [-0.39, 0.29) is 55.7 Å². The number of β-amino-alcohol motifs (C(OH)–C–C–N with tert-alkyl or cyclic N) is 1. The van der Waals surface area contributed by atoms with Gasteiger partial charge in [-0.15, -0.1) is 16.6 Å². The summed E-state index contributed by atoms with van der Waals surface area (Å²) in [6.45, 7) is 9.75. The fraction of sp³-hybridized carbons (Fsp3) is 0.481. The third kappa shape index (κ3) is 9.97. The molecule has 2 aromatic carbocycles. The summed E-state index contributed by atoms with van der Waals surface area (Å²) in [5.41, 5.74) is 6.02. The van der Waals surface area contributed by atoms with Gasteiger partial charge in [-0.2, -0.15) is 0 Å². The lowest BCUT2D eigenvalue weighted by atomic mass is 9.60. The highest BCUT2D eigenvalue weighted by molar-refractivity contribution is 5.93. The number of carbonyl (C=O) groups excluding carboxylic acids is 3. The number of piperidine rings is 1. The molecule has 4 atom stereocenters. The van der Waals surface area contributed by atoms with Gasteiger partial charge in [-0.25, -0.2) is 19.6 Å². The Morgan fingerprint density at radius 3 is 2.41 bits per heavy atom. The summed E-state index contributed by atoms with van der Waals surface area (Å²) < 4.78 is 0. The molecule has 7 heterocycles. The van der Waals surface area contributed by atoms with Gasteiger partial charge in [0.15, 0.2) is 5.65 Å². The van der Waals surface area contributed by atoms with Crippen LogP contribution >= 0.6 is 0 Å². The molecular weight excluding hydrogens is 929 g/mol. The van der Waals surface area contributed by atoms with Crippen molar-refractivity contribution in [3.05, 3.63) is 94.9 Å². The molecule has 1 saturated carbocycles. The van der Waals surface area contributed by atoms with E-state index in [1.807, 2.05) is 42.7 Å². The zero-order chi connectivity index (χ0) is 51.2. The largest absolute Gasteiger partial charge is 0.507 e. The first kappa shape index (κ1) is 49.3. The number of anilines is 1. The third-order valence-corrected chi connectivity index (χ3v) is 16.2. The molecule has 5 aliphatic rings. The van der Waals surface area contributed by atoms with Crippen LogP contribution in [0.25, 0.3) is 22.3 Å². The highest BCUT2D eigenvalue weighted by atomic mass is 16.4. The number of phenolic OH excluding ortho intramolecular Hbond substituents is 1. The van der Waals surface area contributed by atoms with Crippen molar-refractivity contribution in [2.75, 3.05) is 50.7 Å². The number of hydrogen-bond donors (Lipinski definition) is 7. The van der Waals surface area contributed by atoms with Crippen molar-refractivity contribution in [3.63, 3.8) is 0 Å². The van der Waals surface area contributed by atoms with Crippen molar-refractivity contribution >= 4 is 40.9 Å². The predicted octanol–water partition coefficient (Wildman–Crippen LogP) is 4.91. The molecule has 4 fully saturated rings. The number of H-pyrrole nitrogens is 1. The fourth-order valence-corrected chi connectivity index (χ4v) is 12.0. The second-order valence-corrected chi connectivity index (χ2v) is 21.5. The molecule has 1 unspecified atom stereocenters. The summed E-state index contributed by atoms with van der Waals surface area (Å²) in [5.74, 6) is 2.85. The second-order valence-electron chi connectivity index (χ2n) is 21.5. The van der Waals surface area contributed by atoms with E-state index in [0.29, 0.717) is 47.8 Å². The first-order chi connectivity index (χ1) is 35.1. The Morgan fingerprint density at radius 2 is 1.71 bits per heavy atom. The topological polar surface area (TPSA) is 245 Å². The summed E-state index contributed by atoms with van der Waals surface area (Å²) in [7, 11) is 0. The number of aliphatic hydroxyl groups is 1. The highest BCUT2D eigenvalue weighted by Gasteiger charge is 2.56. The fourth-order valence-electron chi connectivity index (χ4n) is 12.0. The van der Waals surface area contributed by atoms with Crippen LogP contribution in [0.2, 0.25) is 0 Å². The SMILES string of the molecule is C#Cc1ccc(CNC(=O)[C@@H]2C[C@@H](O)CN2C(=O)C(NC(=O)N2CC3(CC(N4CCC(c5cnc(N6CCc7[nH]c8nnc(-c9ccccc9O)cc8c7[C@H]6C)nc5)CC4)C3)C2)C(C)(C)CCNC(=O)O)cc1. The van der Waals surface area contributed by atoms with Gasteiger partial charge in [-0.3, -0.25) is 9.59 Å². The number of carboxylic acid groups (broad SMARTS) is 1.